The lowest BCUT2D eigenvalue weighted by Gasteiger charge is -2.28. The molecule has 14 heteroatoms. The summed E-state index contributed by atoms with van der Waals surface area (Å²) in [4.78, 5) is 15.7. The van der Waals surface area contributed by atoms with Crippen LogP contribution in [-0.2, 0) is 0 Å². The van der Waals surface area contributed by atoms with Crippen LogP contribution >= 0.6 is 0 Å². The molecule has 0 saturated heterocycles. The minimum Gasteiger partial charge on any atom is -0.330 e. The third-order valence-corrected chi connectivity index (χ3v) is 10.7. The first kappa shape index (κ1) is 54.4. The Balaban J connectivity index is 5.31. The summed E-state index contributed by atoms with van der Waals surface area (Å²) in [6.07, 6.45) is 16.9. The maximum Gasteiger partial charge on any atom is -0.000653 e. The summed E-state index contributed by atoms with van der Waals surface area (Å²) in [5.41, 5.74) is 46.8. The van der Waals surface area contributed by atoms with E-state index in [2.05, 4.69) is 29.4 Å². The molecule has 332 valence electrons. The zero-order valence-electron chi connectivity index (χ0n) is 36.3. The molecule has 0 rings (SSSR count). The van der Waals surface area contributed by atoms with Crippen LogP contribution < -0.4 is 45.9 Å². The van der Waals surface area contributed by atoms with E-state index in [0.29, 0.717) is 0 Å². The minimum atomic E-state index is 0.748. The Bertz CT molecular complexity index is 597. The number of unbranched alkanes of at least 4 members (excludes halogenated alkanes) is 2. The van der Waals surface area contributed by atoms with Crippen molar-refractivity contribution in [2.45, 2.75) is 96.3 Å². The van der Waals surface area contributed by atoms with E-state index in [1.54, 1.807) is 0 Å². The topological polar surface area (TPSA) is 228 Å². The van der Waals surface area contributed by atoms with Gasteiger partial charge in [0.1, 0.15) is 0 Å². The summed E-state index contributed by atoms with van der Waals surface area (Å²) in [5, 5.41) is 0. The van der Waals surface area contributed by atoms with Crippen molar-refractivity contribution in [2.75, 3.05) is 170 Å². The smallest absolute Gasteiger partial charge is 0.000653 e. The van der Waals surface area contributed by atoms with Crippen molar-refractivity contribution in [3.8, 4) is 0 Å². The Morgan fingerprint density at radius 3 is 0.418 bits per heavy atom. The Kier molecular flexibility index (Phi) is 42.6. The summed E-state index contributed by atoms with van der Waals surface area (Å²) >= 11 is 0. The van der Waals surface area contributed by atoms with Gasteiger partial charge in [0.05, 0.1) is 0 Å². The van der Waals surface area contributed by atoms with Crippen molar-refractivity contribution >= 4 is 0 Å². The van der Waals surface area contributed by atoms with E-state index in [0.717, 1.165) is 208 Å². The van der Waals surface area contributed by atoms with Crippen LogP contribution in [0.3, 0.4) is 0 Å². The molecule has 0 aromatic carbocycles. The van der Waals surface area contributed by atoms with Crippen LogP contribution in [0.4, 0.5) is 0 Å². The summed E-state index contributed by atoms with van der Waals surface area (Å²) < 4.78 is 0. The molecular formula is C41H98N14. The highest BCUT2D eigenvalue weighted by Crippen LogP contribution is 2.08. The SMILES string of the molecule is NCCCN(CCCN)CCCN(CCCCCN(CCCN(CCCN)CCCN)CCCN(CCCN)CCCN)CCCN(CCCN)CCCN. The number of hydrogen-bond acceptors (Lipinski definition) is 14. The van der Waals surface area contributed by atoms with Gasteiger partial charge in [-0.2, -0.15) is 0 Å². The molecule has 0 amide bonds. The Labute approximate surface area is 341 Å². The first-order valence-corrected chi connectivity index (χ1v) is 23.0. The Morgan fingerprint density at radius 2 is 0.273 bits per heavy atom. The van der Waals surface area contributed by atoms with Crippen LogP contribution in [0, 0.1) is 0 Å². The van der Waals surface area contributed by atoms with Gasteiger partial charge in [-0.05, 0) is 260 Å². The van der Waals surface area contributed by atoms with Crippen molar-refractivity contribution in [2.24, 2.45) is 45.9 Å². The van der Waals surface area contributed by atoms with Crippen LogP contribution in [0.2, 0.25) is 0 Å². The monoisotopic (exact) mass is 787 g/mol. The van der Waals surface area contributed by atoms with Crippen LogP contribution in [0.5, 0.6) is 0 Å². The molecule has 55 heavy (non-hydrogen) atoms. The lowest BCUT2D eigenvalue weighted by atomic mass is 10.2. The van der Waals surface area contributed by atoms with Crippen molar-refractivity contribution in [1.29, 1.82) is 0 Å². The molecule has 0 aromatic heterocycles. The molecule has 0 aromatic rings. The van der Waals surface area contributed by atoms with Gasteiger partial charge in [-0.25, -0.2) is 0 Å². The Hall–Kier alpha value is -0.560. The maximum atomic E-state index is 5.86. The molecule has 0 fully saturated rings. The summed E-state index contributed by atoms with van der Waals surface area (Å²) in [7, 11) is 0. The second kappa shape index (κ2) is 43.0. The summed E-state index contributed by atoms with van der Waals surface area (Å²) in [5.74, 6) is 0. The maximum absolute atomic E-state index is 5.86. The number of rotatable bonds is 46. The second-order valence-corrected chi connectivity index (χ2v) is 15.7. The van der Waals surface area contributed by atoms with Crippen molar-refractivity contribution in [1.82, 2.24) is 29.4 Å². The van der Waals surface area contributed by atoms with Gasteiger partial charge in [-0.1, -0.05) is 6.42 Å². The number of nitrogens with zero attached hydrogens (tertiary/aromatic N) is 6. The van der Waals surface area contributed by atoms with E-state index in [1.807, 2.05) is 0 Å². The predicted octanol–water partition coefficient (Wildman–Crippen LogP) is 0.319. The number of nitrogens with two attached hydrogens (primary N) is 8. The van der Waals surface area contributed by atoms with Gasteiger partial charge in [-0.3, -0.25) is 0 Å². The zero-order valence-corrected chi connectivity index (χ0v) is 36.3. The molecule has 0 aliphatic rings. The van der Waals surface area contributed by atoms with Gasteiger partial charge in [0.2, 0.25) is 0 Å². The molecule has 0 aliphatic heterocycles. The average Bonchev–Trinajstić information content (AvgIpc) is 3.20. The van der Waals surface area contributed by atoms with Gasteiger partial charge in [0.25, 0.3) is 0 Å². The fraction of sp³-hybridized carbons (Fsp3) is 1.00. The molecule has 0 saturated carbocycles. The molecule has 16 N–H and O–H groups in total. The van der Waals surface area contributed by atoms with Crippen LogP contribution in [0.1, 0.15) is 96.3 Å². The van der Waals surface area contributed by atoms with Gasteiger partial charge >= 0.3 is 0 Å². The first-order chi connectivity index (χ1) is 27.0. The standard InChI is InChI=1S/C41H98N14/c42-16-4-26-52(27-5-17-43)38-12-34-50(35-13-39-53(28-6-18-44)29-7-19-45)24-2-1-3-25-51(36-14-40-54(30-8-20-46)31-9-21-47)37-15-41-55(32-10-22-48)33-11-23-49/h1-49H2. The van der Waals surface area contributed by atoms with Gasteiger partial charge < -0.3 is 75.3 Å². The molecule has 0 unspecified atom stereocenters. The van der Waals surface area contributed by atoms with Crippen LogP contribution in [0.15, 0.2) is 0 Å². The summed E-state index contributed by atoms with van der Waals surface area (Å²) in [6.45, 7) is 26.0. The van der Waals surface area contributed by atoms with E-state index in [-0.39, 0.29) is 0 Å². The Morgan fingerprint density at radius 1 is 0.145 bits per heavy atom. The van der Waals surface area contributed by atoms with Gasteiger partial charge in [0, 0.05) is 0 Å². The normalized spacial score (nSPS) is 12.3. The van der Waals surface area contributed by atoms with E-state index >= 15 is 0 Å². The van der Waals surface area contributed by atoms with Crippen molar-refractivity contribution in [3.63, 3.8) is 0 Å². The molecule has 0 atom stereocenters. The summed E-state index contributed by atoms with van der Waals surface area (Å²) in [6, 6.07) is 0. The highest BCUT2D eigenvalue weighted by Gasteiger charge is 2.13. The van der Waals surface area contributed by atoms with Crippen LogP contribution in [0.25, 0.3) is 0 Å². The second-order valence-electron chi connectivity index (χ2n) is 15.7. The fourth-order valence-corrected chi connectivity index (χ4v) is 7.45. The molecule has 0 spiro atoms. The lowest BCUT2D eigenvalue weighted by Crippen LogP contribution is -2.36. The third-order valence-electron chi connectivity index (χ3n) is 10.7. The molecule has 0 aliphatic carbocycles. The number of hydrogen-bond donors (Lipinski definition) is 8. The fourth-order valence-electron chi connectivity index (χ4n) is 7.45. The van der Waals surface area contributed by atoms with Crippen molar-refractivity contribution in [3.05, 3.63) is 0 Å². The van der Waals surface area contributed by atoms with E-state index in [9.17, 15) is 0 Å². The molecular weight excluding hydrogens is 689 g/mol. The lowest BCUT2D eigenvalue weighted by molar-refractivity contribution is 0.196. The highest BCUT2D eigenvalue weighted by molar-refractivity contribution is 4.69. The average molecular weight is 787 g/mol. The highest BCUT2D eigenvalue weighted by atomic mass is 15.2. The van der Waals surface area contributed by atoms with E-state index < -0.39 is 0 Å². The zero-order chi connectivity index (χ0) is 40.5. The van der Waals surface area contributed by atoms with Gasteiger partial charge in [-0.15, -0.1) is 0 Å². The minimum absolute atomic E-state index is 0.748. The van der Waals surface area contributed by atoms with E-state index in [1.165, 1.54) is 58.0 Å². The van der Waals surface area contributed by atoms with Crippen LogP contribution in [-0.4, -0.2) is 200 Å². The van der Waals surface area contributed by atoms with Gasteiger partial charge in [0.15, 0.2) is 0 Å². The molecule has 0 heterocycles. The largest absolute Gasteiger partial charge is 0.330 e. The molecule has 0 radical (unpaired) electrons. The molecule has 0 bridgehead atoms. The predicted molar refractivity (Wildman–Crippen MR) is 240 cm³/mol. The first-order valence-electron chi connectivity index (χ1n) is 23.0. The van der Waals surface area contributed by atoms with E-state index in [4.69, 9.17) is 45.9 Å². The third kappa shape index (κ3) is 35.1. The van der Waals surface area contributed by atoms with Crippen molar-refractivity contribution < 1.29 is 0 Å². The quantitative estimate of drug-likeness (QED) is 0.0389. The molecule has 14 nitrogen and oxygen atoms in total.